The molecule has 1 fully saturated rings. The fourth-order valence-corrected chi connectivity index (χ4v) is 5.93. The average Bonchev–Trinajstić information content (AvgIpc) is 2.92. The van der Waals surface area contributed by atoms with Crippen LogP contribution in [0, 0.1) is 31.6 Å². The number of hydrogen-bond donors (Lipinski definition) is 0. The van der Waals surface area contributed by atoms with Crippen molar-refractivity contribution in [3.63, 3.8) is 0 Å². The average molecular weight is 468 g/mol. The van der Waals surface area contributed by atoms with E-state index in [2.05, 4.69) is 107 Å². The summed E-state index contributed by atoms with van der Waals surface area (Å²) in [6, 6.07) is 18.3. The van der Waals surface area contributed by atoms with Crippen molar-refractivity contribution < 1.29 is 57.7 Å². The molecule has 4 rings (SSSR count). The summed E-state index contributed by atoms with van der Waals surface area (Å²) in [7, 11) is 0. The van der Waals surface area contributed by atoms with E-state index in [0.29, 0.717) is 23.7 Å². The molecule has 0 nitrogen and oxygen atoms in total. The van der Waals surface area contributed by atoms with Crippen LogP contribution in [0.2, 0.25) is 4.22 Å². The van der Waals surface area contributed by atoms with E-state index < -0.39 is 0 Å². The van der Waals surface area contributed by atoms with Crippen LogP contribution in [0.3, 0.4) is 0 Å². The van der Waals surface area contributed by atoms with E-state index in [9.17, 15) is 0 Å². The third-order valence-corrected chi connectivity index (χ3v) is 6.89. The maximum absolute atomic E-state index is 2.47. The summed E-state index contributed by atoms with van der Waals surface area (Å²) in [5.41, 5.74) is 5.67. The molecule has 0 saturated heterocycles. The van der Waals surface area contributed by atoms with Gasteiger partial charge in [0.2, 0.25) is 0 Å². The fraction of sp³-hybridized carbons (Fsp3) is 0.333. The van der Waals surface area contributed by atoms with Gasteiger partial charge < -0.3 is 37.2 Å². The summed E-state index contributed by atoms with van der Waals surface area (Å²) < 4.78 is 0.730. The molecule has 1 saturated carbocycles. The van der Waals surface area contributed by atoms with Crippen LogP contribution in [0.25, 0.3) is 0 Å². The molecule has 0 amide bonds. The number of benzene rings is 2. The van der Waals surface area contributed by atoms with Crippen molar-refractivity contribution in [1.29, 1.82) is 0 Å². The van der Waals surface area contributed by atoms with Crippen molar-refractivity contribution >= 4 is 0 Å². The number of hydrogen-bond acceptors (Lipinski definition) is 0. The Morgan fingerprint density at radius 2 is 1.36 bits per heavy atom. The van der Waals surface area contributed by atoms with E-state index in [1.165, 1.54) is 28.7 Å². The molecule has 4 heteroatoms. The first-order valence-corrected chi connectivity index (χ1v) is 10.2. The van der Waals surface area contributed by atoms with Crippen LogP contribution in [-0.4, -0.2) is 0 Å². The van der Waals surface area contributed by atoms with Gasteiger partial charge in [0.1, 0.15) is 0 Å². The van der Waals surface area contributed by atoms with Gasteiger partial charge in [-0.15, -0.1) is 0 Å². The molecule has 4 atom stereocenters. The van der Waals surface area contributed by atoms with E-state index in [1.54, 1.807) is 0 Å². The van der Waals surface area contributed by atoms with Gasteiger partial charge in [0.05, 0.1) is 0 Å². The zero-order valence-corrected chi connectivity index (χ0v) is 20.0. The van der Waals surface area contributed by atoms with Gasteiger partial charge in [-0.3, -0.25) is 0 Å². The summed E-state index contributed by atoms with van der Waals surface area (Å²) in [6.45, 7) is 4.42. The third kappa shape index (κ3) is 5.16. The Balaban J connectivity index is 0.00000131. The van der Waals surface area contributed by atoms with E-state index in [1.807, 2.05) is 0 Å². The molecule has 0 heterocycles. The topological polar surface area (TPSA) is 0 Å². The molecule has 0 spiro atoms. The fourth-order valence-electron chi connectivity index (χ4n) is 4.86. The summed E-state index contributed by atoms with van der Waals surface area (Å²) in [6.07, 6.45) is 10.7. The molecule has 0 bridgehead atoms. The van der Waals surface area contributed by atoms with Gasteiger partial charge in [-0.2, -0.15) is 0 Å². The maximum Gasteiger partial charge on any atom is -1.00 e. The first-order valence-electron chi connectivity index (χ1n) is 9.33. The second kappa shape index (κ2) is 11.0. The Labute approximate surface area is 199 Å². The Bertz CT molecular complexity index is 785. The van der Waals surface area contributed by atoms with Crippen molar-refractivity contribution in [2.24, 2.45) is 17.8 Å². The zero-order chi connectivity index (χ0) is 17.4. The number of aryl methyl sites for hydroxylation is 2. The minimum Gasteiger partial charge on any atom is -1.00 e. The van der Waals surface area contributed by atoms with Crippen molar-refractivity contribution in [1.82, 2.24) is 0 Å². The van der Waals surface area contributed by atoms with Crippen LogP contribution < -0.4 is 37.2 Å². The van der Waals surface area contributed by atoms with E-state index in [-0.39, 0.29) is 37.2 Å². The predicted molar refractivity (Wildman–Crippen MR) is 101 cm³/mol. The predicted octanol–water partition coefficient (Wildman–Crippen LogP) is -2.84. The number of fused-ring (bicyclic) bond motifs is 1. The molecule has 2 aliphatic rings. The van der Waals surface area contributed by atoms with Gasteiger partial charge >= 0.3 is 164 Å². The molecule has 2 aromatic rings. The second-order valence-corrected chi connectivity index (χ2v) is 8.89. The van der Waals surface area contributed by atoms with Crippen LogP contribution >= 0.6 is 0 Å². The molecule has 4 unspecified atom stereocenters. The number of allylic oxidation sites excluding steroid dienone is 4. The normalized spacial score (nSPS) is 24.8. The van der Waals surface area contributed by atoms with Gasteiger partial charge in [0.25, 0.3) is 0 Å². The van der Waals surface area contributed by atoms with Crippen molar-refractivity contribution in [3.8, 4) is 0 Å². The molecular formula is C24H25Cl3Ti. The van der Waals surface area contributed by atoms with Crippen molar-refractivity contribution in [3.05, 3.63) is 95.1 Å². The van der Waals surface area contributed by atoms with E-state index in [4.69, 9.17) is 0 Å². The molecule has 0 aliphatic heterocycles. The van der Waals surface area contributed by atoms with Crippen LogP contribution in [0.15, 0.2) is 72.8 Å². The zero-order valence-electron chi connectivity index (χ0n) is 16.2. The molecule has 2 aromatic carbocycles. The van der Waals surface area contributed by atoms with Crippen LogP contribution in [0.1, 0.15) is 34.6 Å². The Kier molecular flexibility index (Phi) is 10.1. The van der Waals surface area contributed by atoms with Crippen LogP contribution in [0.4, 0.5) is 0 Å². The summed E-state index contributed by atoms with van der Waals surface area (Å²) >= 11 is 2.46. The number of halogens is 3. The van der Waals surface area contributed by atoms with Crippen molar-refractivity contribution in [2.45, 2.75) is 30.4 Å². The molecule has 0 aromatic heterocycles. The third-order valence-electron chi connectivity index (χ3n) is 5.92. The monoisotopic (exact) mass is 466 g/mol. The molecule has 2 aliphatic carbocycles. The van der Waals surface area contributed by atoms with Gasteiger partial charge in [-0.25, -0.2) is 0 Å². The van der Waals surface area contributed by atoms with Gasteiger partial charge in [0.15, 0.2) is 0 Å². The minimum absolute atomic E-state index is 0. The Hall–Kier alpha value is -0.496. The quantitative estimate of drug-likeness (QED) is 0.427. The SMILES string of the molecule is Cc1cccc(C(c2cccc(C)c2)C2[CH]([Ti+3])CC3C=CC=CC32)c1.[Cl-].[Cl-].[Cl-]. The van der Waals surface area contributed by atoms with Crippen LogP contribution in [0.5, 0.6) is 0 Å². The second-order valence-electron chi connectivity index (χ2n) is 7.74. The van der Waals surface area contributed by atoms with Gasteiger partial charge in [-0.1, -0.05) is 0 Å². The molecular weight excluding hydrogens is 442 g/mol. The van der Waals surface area contributed by atoms with Gasteiger partial charge in [0, 0.05) is 0 Å². The standard InChI is InChI=1S/C24H25.3ClH.Ti/c1-17-7-5-10-20(15-17)24(21-11-6-8-18(2)16-21)23-14-13-19-9-3-4-12-22(19)23;;;;/h3-12,14-16,19,22-24H,13H2,1-2H3;3*1H;/q;;;;+3/p-3. The first-order chi connectivity index (χ1) is 12.1. The van der Waals surface area contributed by atoms with E-state index in [0.717, 1.165) is 4.22 Å². The maximum atomic E-state index is 2.47. The summed E-state index contributed by atoms with van der Waals surface area (Å²) in [4.78, 5) is 0. The number of rotatable bonds is 3. The summed E-state index contributed by atoms with van der Waals surface area (Å²) in [5.74, 6) is 2.50. The van der Waals surface area contributed by atoms with Crippen molar-refractivity contribution in [2.75, 3.05) is 0 Å². The molecule has 0 radical (unpaired) electrons. The summed E-state index contributed by atoms with van der Waals surface area (Å²) in [5, 5.41) is 0. The Morgan fingerprint density at radius 3 is 1.89 bits per heavy atom. The Morgan fingerprint density at radius 1 is 0.821 bits per heavy atom. The smallest absolute Gasteiger partial charge is 1.00 e. The molecule has 0 N–H and O–H groups in total. The van der Waals surface area contributed by atoms with Gasteiger partial charge in [-0.05, 0) is 0 Å². The largest absolute Gasteiger partial charge is 1.00 e. The molecule has 28 heavy (non-hydrogen) atoms. The molecule has 146 valence electrons. The first kappa shape index (κ1) is 25.5. The van der Waals surface area contributed by atoms with E-state index >= 15 is 0 Å². The van der Waals surface area contributed by atoms with Crippen LogP contribution in [-0.2, 0) is 20.4 Å². The minimum atomic E-state index is 0.